The zero-order valence-corrected chi connectivity index (χ0v) is 24.3. The van der Waals surface area contributed by atoms with Crippen molar-refractivity contribution in [2.45, 2.75) is 52.4 Å². The Hall–Kier alpha value is -2.10. The third-order valence-electron chi connectivity index (χ3n) is 6.53. The molecule has 0 atom stereocenters. The first-order valence-electron chi connectivity index (χ1n) is 13.0. The van der Waals surface area contributed by atoms with Crippen LogP contribution in [-0.2, 0) is 17.6 Å². The van der Waals surface area contributed by atoms with Crippen molar-refractivity contribution in [3.63, 3.8) is 0 Å². The van der Waals surface area contributed by atoms with Crippen molar-refractivity contribution in [1.82, 2.24) is 15.2 Å². The largest absolute Gasteiger partial charge is 0.506 e. The molecule has 0 saturated carbocycles. The molecule has 1 aromatic heterocycles. The number of benzene rings is 2. The van der Waals surface area contributed by atoms with E-state index in [9.17, 15) is 19.8 Å². The second-order valence-corrected chi connectivity index (χ2v) is 12.1. The second-order valence-electron chi connectivity index (χ2n) is 10.4. The molecule has 0 saturated heterocycles. The summed E-state index contributed by atoms with van der Waals surface area (Å²) in [4.78, 5) is 29.2. The van der Waals surface area contributed by atoms with E-state index in [1.807, 2.05) is 36.9 Å². The summed E-state index contributed by atoms with van der Waals surface area (Å²) < 4.78 is 0.807. The Kier molecular flexibility index (Phi) is 11.5. The van der Waals surface area contributed by atoms with Gasteiger partial charge in [0.15, 0.2) is 0 Å². The summed E-state index contributed by atoms with van der Waals surface area (Å²) in [5.74, 6) is 0.155. The molecule has 0 radical (unpaired) electrons. The molecule has 0 spiro atoms. The Labute approximate surface area is 237 Å². The van der Waals surface area contributed by atoms with Crippen LogP contribution in [0.5, 0.6) is 5.75 Å². The number of aliphatic hydroxyl groups excluding tert-OH is 1. The molecule has 7 nitrogen and oxygen atoms in total. The van der Waals surface area contributed by atoms with Crippen molar-refractivity contribution in [1.29, 1.82) is 0 Å². The topological polar surface area (TPSA) is 106 Å². The summed E-state index contributed by atoms with van der Waals surface area (Å²) >= 11 is 13.4. The highest BCUT2D eigenvalue weighted by atomic mass is 35.5. The van der Waals surface area contributed by atoms with E-state index in [4.69, 9.17) is 23.2 Å². The van der Waals surface area contributed by atoms with Gasteiger partial charge in [-0.15, -0.1) is 0 Å². The third-order valence-corrected chi connectivity index (χ3v) is 8.35. The van der Waals surface area contributed by atoms with Crippen LogP contribution in [0.25, 0.3) is 10.2 Å². The van der Waals surface area contributed by atoms with Crippen molar-refractivity contribution in [3.05, 3.63) is 61.2 Å². The van der Waals surface area contributed by atoms with Crippen molar-refractivity contribution in [3.8, 4) is 5.75 Å². The van der Waals surface area contributed by atoms with Gasteiger partial charge in [0.25, 0.3) is 0 Å². The summed E-state index contributed by atoms with van der Waals surface area (Å²) in [5, 5.41) is 24.2. The molecule has 208 valence electrons. The zero-order chi connectivity index (χ0) is 27.7. The molecule has 1 amide bonds. The van der Waals surface area contributed by atoms with E-state index in [0.717, 1.165) is 59.3 Å². The van der Waals surface area contributed by atoms with E-state index in [1.54, 1.807) is 12.1 Å². The summed E-state index contributed by atoms with van der Waals surface area (Å²) in [5.41, 5.74) is 2.14. The van der Waals surface area contributed by atoms with Crippen molar-refractivity contribution in [2.75, 3.05) is 32.8 Å². The first kappa shape index (κ1) is 30.4. The summed E-state index contributed by atoms with van der Waals surface area (Å²) in [6, 6.07) is 9.08. The average molecular weight is 583 g/mol. The fourth-order valence-electron chi connectivity index (χ4n) is 4.37. The van der Waals surface area contributed by atoms with Crippen LogP contribution in [0, 0.1) is 5.41 Å². The van der Waals surface area contributed by atoms with Gasteiger partial charge < -0.3 is 25.4 Å². The number of hydrogen-bond donors (Lipinski definition) is 4. The first-order chi connectivity index (χ1) is 18.1. The minimum absolute atomic E-state index is 0.00576. The standard InChI is InChI=1S/C28H37Cl2N3O4S/c1-28(2,18-34)17-33(23(36)13-15-31-14-12-19-8-6-9-21(29)24(19)30)16-5-3-4-7-20-10-11-22(35)25-26(20)38-27(37)32-25/h6,8-11,31,34-35H,3-5,7,12-18H2,1-2H3,(H,32,37). The van der Waals surface area contributed by atoms with Gasteiger partial charge in [-0.25, -0.2) is 0 Å². The molecular formula is C28H37Cl2N3O4S. The number of carbonyl (C=O) groups excluding carboxylic acids is 1. The number of nitrogens with one attached hydrogen (secondary N) is 2. The number of rotatable bonds is 15. The van der Waals surface area contributed by atoms with Crippen LogP contribution >= 0.6 is 34.5 Å². The lowest BCUT2D eigenvalue weighted by Gasteiger charge is -2.31. The highest BCUT2D eigenvalue weighted by Crippen LogP contribution is 2.29. The smallest absolute Gasteiger partial charge is 0.305 e. The van der Waals surface area contributed by atoms with E-state index in [0.29, 0.717) is 48.2 Å². The van der Waals surface area contributed by atoms with Crippen molar-refractivity contribution >= 4 is 50.7 Å². The number of aromatic nitrogens is 1. The van der Waals surface area contributed by atoms with Gasteiger partial charge in [-0.1, -0.05) is 73.0 Å². The summed E-state index contributed by atoms with van der Waals surface area (Å²) in [7, 11) is 0. The van der Waals surface area contributed by atoms with Crippen LogP contribution in [0.1, 0.15) is 50.7 Å². The molecule has 4 N–H and O–H groups in total. The van der Waals surface area contributed by atoms with Gasteiger partial charge in [0.2, 0.25) is 5.91 Å². The minimum atomic E-state index is -0.379. The van der Waals surface area contributed by atoms with E-state index >= 15 is 0 Å². The van der Waals surface area contributed by atoms with Gasteiger partial charge in [0.1, 0.15) is 11.3 Å². The van der Waals surface area contributed by atoms with Crippen LogP contribution in [0.4, 0.5) is 0 Å². The SMILES string of the molecule is CC(C)(CO)CN(CCCCCc1ccc(O)c2[nH]c(=O)sc12)C(=O)CCNCCc1cccc(Cl)c1Cl. The number of aromatic amines is 1. The first-order valence-corrected chi connectivity index (χ1v) is 14.5. The predicted molar refractivity (Wildman–Crippen MR) is 157 cm³/mol. The number of thiazole rings is 1. The summed E-state index contributed by atoms with van der Waals surface area (Å²) in [6.07, 6.45) is 4.57. The Morgan fingerprint density at radius 3 is 2.63 bits per heavy atom. The molecule has 38 heavy (non-hydrogen) atoms. The number of fused-ring (bicyclic) bond motifs is 1. The lowest BCUT2D eigenvalue weighted by Crippen LogP contribution is -2.42. The Balaban J connectivity index is 1.45. The predicted octanol–water partition coefficient (Wildman–Crippen LogP) is 5.38. The maximum Gasteiger partial charge on any atom is 0.305 e. The van der Waals surface area contributed by atoms with Gasteiger partial charge in [-0.2, -0.15) is 0 Å². The molecule has 1 heterocycles. The van der Waals surface area contributed by atoms with Gasteiger partial charge in [0, 0.05) is 38.1 Å². The van der Waals surface area contributed by atoms with E-state index in [2.05, 4.69) is 10.3 Å². The highest BCUT2D eigenvalue weighted by molar-refractivity contribution is 7.16. The van der Waals surface area contributed by atoms with Crippen molar-refractivity contribution < 1.29 is 15.0 Å². The van der Waals surface area contributed by atoms with Crippen LogP contribution in [0.3, 0.4) is 0 Å². The Morgan fingerprint density at radius 2 is 1.87 bits per heavy atom. The number of aromatic hydroxyl groups is 1. The lowest BCUT2D eigenvalue weighted by atomic mass is 9.93. The monoisotopic (exact) mass is 581 g/mol. The number of phenols is 1. The average Bonchev–Trinajstić information content (AvgIpc) is 3.29. The lowest BCUT2D eigenvalue weighted by molar-refractivity contribution is -0.133. The number of aliphatic hydroxyl groups is 1. The number of H-pyrrole nitrogens is 1. The summed E-state index contributed by atoms with van der Waals surface area (Å²) in [6.45, 7) is 6.29. The highest BCUT2D eigenvalue weighted by Gasteiger charge is 2.24. The van der Waals surface area contributed by atoms with Gasteiger partial charge in [-0.3, -0.25) is 9.59 Å². The van der Waals surface area contributed by atoms with Gasteiger partial charge in [-0.05, 0) is 55.5 Å². The maximum atomic E-state index is 13.0. The number of nitrogens with zero attached hydrogens (tertiary/aromatic N) is 1. The Bertz CT molecular complexity index is 1270. The number of hydrogen-bond acceptors (Lipinski definition) is 6. The molecule has 0 fully saturated rings. The quantitative estimate of drug-likeness (QED) is 0.180. The third kappa shape index (κ3) is 8.71. The van der Waals surface area contributed by atoms with Gasteiger partial charge >= 0.3 is 4.87 Å². The van der Waals surface area contributed by atoms with Crippen LogP contribution in [-0.4, -0.2) is 58.8 Å². The molecule has 0 bridgehead atoms. The number of phenolic OH excluding ortho intramolecular Hbond substituents is 1. The van der Waals surface area contributed by atoms with Crippen molar-refractivity contribution in [2.24, 2.45) is 5.41 Å². The van der Waals surface area contributed by atoms with Gasteiger partial charge in [0.05, 0.1) is 14.7 Å². The maximum absolute atomic E-state index is 13.0. The number of carbonyl (C=O) groups is 1. The van der Waals surface area contributed by atoms with E-state index in [-0.39, 0.29) is 28.6 Å². The number of amides is 1. The number of aryl methyl sites for hydroxylation is 1. The normalized spacial score (nSPS) is 11.8. The van der Waals surface area contributed by atoms with E-state index < -0.39 is 0 Å². The molecular weight excluding hydrogens is 545 g/mol. The number of halogens is 2. The molecule has 2 aromatic carbocycles. The molecule has 0 unspecified atom stereocenters. The minimum Gasteiger partial charge on any atom is -0.506 e. The fourth-order valence-corrected chi connectivity index (χ4v) is 5.68. The molecule has 3 aromatic rings. The molecule has 3 rings (SSSR count). The molecule has 0 aliphatic heterocycles. The fraction of sp³-hybridized carbons (Fsp3) is 0.500. The molecule has 10 heteroatoms. The van der Waals surface area contributed by atoms with Crippen LogP contribution in [0.15, 0.2) is 35.1 Å². The number of unbranched alkanes of at least 4 members (excludes halogenated alkanes) is 2. The zero-order valence-electron chi connectivity index (χ0n) is 22.0. The second kappa shape index (κ2) is 14.3. The Morgan fingerprint density at radius 1 is 1.08 bits per heavy atom. The molecule has 0 aliphatic rings. The van der Waals surface area contributed by atoms with E-state index in [1.165, 1.54) is 0 Å². The van der Waals surface area contributed by atoms with Crippen LogP contribution < -0.4 is 10.2 Å². The van der Waals surface area contributed by atoms with Crippen LogP contribution in [0.2, 0.25) is 10.0 Å². The molecule has 0 aliphatic carbocycles.